The van der Waals surface area contributed by atoms with E-state index in [1.807, 2.05) is 0 Å². The molecule has 0 aliphatic rings. The Balaban J connectivity index is 0. The SMILES string of the molecule is CCN(CC)CC.O=C(O)CCCCC(=O)O. The molecule has 0 spiro atoms. The third-order valence-electron chi connectivity index (χ3n) is 2.37. The van der Waals surface area contributed by atoms with Crippen molar-refractivity contribution in [2.45, 2.75) is 46.5 Å². The van der Waals surface area contributed by atoms with Crippen molar-refractivity contribution in [1.82, 2.24) is 4.90 Å². The first-order chi connectivity index (χ1) is 7.97. The summed E-state index contributed by atoms with van der Waals surface area (Å²) in [5, 5.41) is 16.3. The lowest BCUT2D eigenvalue weighted by Crippen LogP contribution is -2.21. The molecule has 0 saturated carbocycles. The molecule has 17 heavy (non-hydrogen) atoms. The second-order valence-electron chi connectivity index (χ2n) is 3.61. The van der Waals surface area contributed by atoms with E-state index < -0.39 is 11.9 Å². The molecule has 0 heterocycles. The van der Waals surface area contributed by atoms with E-state index in [1.165, 1.54) is 19.6 Å². The van der Waals surface area contributed by atoms with Gasteiger partial charge in [-0.15, -0.1) is 0 Å². The van der Waals surface area contributed by atoms with Crippen LogP contribution < -0.4 is 0 Å². The van der Waals surface area contributed by atoms with Gasteiger partial charge in [0.2, 0.25) is 0 Å². The van der Waals surface area contributed by atoms with E-state index in [9.17, 15) is 9.59 Å². The van der Waals surface area contributed by atoms with Gasteiger partial charge in [0.25, 0.3) is 0 Å². The Morgan fingerprint density at radius 3 is 1.24 bits per heavy atom. The standard InChI is InChI=1S/C6H15N.C6H10O4/c1-4-7(5-2)6-3;7-5(8)3-1-2-4-6(9)10/h4-6H2,1-3H3;1-4H2,(H,7,8)(H,9,10). The molecule has 0 aromatic carbocycles. The molecule has 5 nitrogen and oxygen atoms in total. The first-order valence-electron chi connectivity index (χ1n) is 6.13. The van der Waals surface area contributed by atoms with Crippen molar-refractivity contribution in [3.05, 3.63) is 0 Å². The van der Waals surface area contributed by atoms with Crippen molar-refractivity contribution < 1.29 is 19.8 Å². The van der Waals surface area contributed by atoms with Gasteiger partial charge in [0.05, 0.1) is 0 Å². The van der Waals surface area contributed by atoms with E-state index in [1.54, 1.807) is 0 Å². The molecule has 0 aromatic rings. The molecule has 0 radical (unpaired) electrons. The second kappa shape index (κ2) is 13.0. The number of carbonyl (C=O) groups is 2. The molecule has 2 N–H and O–H groups in total. The summed E-state index contributed by atoms with van der Waals surface area (Å²) in [6, 6.07) is 0. The molecular weight excluding hydrogens is 222 g/mol. The highest BCUT2D eigenvalue weighted by Gasteiger charge is 1.99. The zero-order valence-corrected chi connectivity index (χ0v) is 11.1. The number of carboxylic acid groups (broad SMARTS) is 2. The fourth-order valence-corrected chi connectivity index (χ4v) is 1.22. The first-order valence-corrected chi connectivity index (χ1v) is 6.13. The highest BCUT2D eigenvalue weighted by atomic mass is 16.4. The van der Waals surface area contributed by atoms with Gasteiger partial charge >= 0.3 is 11.9 Å². The maximum Gasteiger partial charge on any atom is 0.303 e. The van der Waals surface area contributed by atoms with Crippen molar-refractivity contribution in [2.24, 2.45) is 0 Å². The summed E-state index contributed by atoms with van der Waals surface area (Å²) in [6.45, 7) is 10.1. The molecule has 0 fully saturated rings. The average Bonchev–Trinajstić information content (AvgIpc) is 2.27. The van der Waals surface area contributed by atoms with Crippen LogP contribution in [-0.4, -0.2) is 46.7 Å². The summed E-state index contributed by atoms with van der Waals surface area (Å²) in [6.07, 6.45) is 1.02. The van der Waals surface area contributed by atoms with E-state index in [0.717, 1.165) is 0 Å². The molecule has 0 saturated heterocycles. The summed E-state index contributed by atoms with van der Waals surface area (Å²) in [4.78, 5) is 22.2. The van der Waals surface area contributed by atoms with Crippen molar-refractivity contribution in [1.29, 1.82) is 0 Å². The van der Waals surface area contributed by atoms with Crippen LogP contribution in [0.15, 0.2) is 0 Å². The molecule has 0 amide bonds. The van der Waals surface area contributed by atoms with Crippen LogP contribution in [0.2, 0.25) is 0 Å². The Morgan fingerprint density at radius 1 is 0.824 bits per heavy atom. The van der Waals surface area contributed by atoms with E-state index >= 15 is 0 Å². The summed E-state index contributed by atoms with van der Waals surface area (Å²) in [5.74, 6) is -1.74. The summed E-state index contributed by atoms with van der Waals surface area (Å²) in [5.41, 5.74) is 0. The molecule has 0 atom stereocenters. The minimum absolute atomic E-state index is 0.0628. The van der Waals surface area contributed by atoms with E-state index in [2.05, 4.69) is 25.7 Å². The maximum absolute atomic E-state index is 9.90. The van der Waals surface area contributed by atoms with Crippen LogP contribution >= 0.6 is 0 Å². The third kappa shape index (κ3) is 17.5. The predicted molar refractivity (Wildman–Crippen MR) is 67.2 cm³/mol. The minimum Gasteiger partial charge on any atom is -0.481 e. The Labute approximate surface area is 103 Å². The van der Waals surface area contributed by atoms with Gasteiger partial charge in [-0.1, -0.05) is 20.8 Å². The van der Waals surface area contributed by atoms with Gasteiger partial charge in [-0.2, -0.15) is 0 Å². The van der Waals surface area contributed by atoms with Gasteiger partial charge in [0.15, 0.2) is 0 Å². The van der Waals surface area contributed by atoms with Gasteiger partial charge in [-0.3, -0.25) is 9.59 Å². The van der Waals surface area contributed by atoms with Crippen LogP contribution in [0.1, 0.15) is 46.5 Å². The highest BCUT2D eigenvalue weighted by molar-refractivity contribution is 5.67. The highest BCUT2D eigenvalue weighted by Crippen LogP contribution is 1.98. The minimum atomic E-state index is -0.870. The molecule has 0 aromatic heterocycles. The lowest BCUT2D eigenvalue weighted by molar-refractivity contribution is -0.139. The van der Waals surface area contributed by atoms with Crippen molar-refractivity contribution >= 4 is 11.9 Å². The van der Waals surface area contributed by atoms with Crippen molar-refractivity contribution in [3.8, 4) is 0 Å². The summed E-state index contributed by atoms with van der Waals surface area (Å²) >= 11 is 0. The summed E-state index contributed by atoms with van der Waals surface area (Å²) in [7, 11) is 0. The molecule has 0 unspecified atom stereocenters. The van der Waals surface area contributed by atoms with Crippen molar-refractivity contribution in [2.75, 3.05) is 19.6 Å². The van der Waals surface area contributed by atoms with E-state index in [0.29, 0.717) is 12.8 Å². The summed E-state index contributed by atoms with van der Waals surface area (Å²) < 4.78 is 0. The fourth-order valence-electron chi connectivity index (χ4n) is 1.22. The van der Waals surface area contributed by atoms with Crippen LogP contribution in [0, 0.1) is 0 Å². The Hall–Kier alpha value is -1.10. The molecular formula is C12H25NO4. The Bertz CT molecular complexity index is 181. The van der Waals surface area contributed by atoms with E-state index in [-0.39, 0.29) is 12.8 Å². The number of unbranched alkanes of at least 4 members (excludes halogenated alkanes) is 1. The second-order valence-corrected chi connectivity index (χ2v) is 3.61. The number of hydrogen-bond donors (Lipinski definition) is 2. The topological polar surface area (TPSA) is 77.8 Å². The van der Waals surface area contributed by atoms with Crippen LogP contribution in [0.3, 0.4) is 0 Å². The fraction of sp³-hybridized carbons (Fsp3) is 0.833. The third-order valence-corrected chi connectivity index (χ3v) is 2.37. The predicted octanol–water partition coefficient (Wildman–Crippen LogP) is 2.06. The average molecular weight is 247 g/mol. The molecule has 0 aliphatic heterocycles. The molecule has 0 bridgehead atoms. The van der Waals surface area contributed by atoms with Crippen molar-refractivity contribution in [3.63, 3.8) is 0 Å². The van der Waals surface area contributed by atoms with E-state index in [4.69, 9.17) is 10.2 Å². The Morgan fingerprint density at radius 2 is 1.12 bits per heavy atom. The first kappa shape index (κ1) is 18.3. The number of hydrogen-bond acceptors (Lipinski definition) is 3. The lowest BCUT2D eigenvalue weighted by atomic mass is 10.2. The van der Waals surface area contributed by atoms with Crippen LogP contribution in [0.5, 0.6) is 0 Å². The monoisotopic (exact) mass is 247 g/mol. The normalized spacial score (nSPS) is 9.65. The van der Waals surface area contributed by atoms with Crippen LogP contribution in [0.4, 0.5) is 0 Å². The molecule has 102 valence electrons. The number of rotatable bonds is 8. The molecule has 0 rings (SSSR count). The lowest BCUT2D eigenvalue weighted by Gasteiger charge is -2.13. The Kier molecular flexibility index (Phi) is 13.9. The molecule has 0 aliphatic carbocycles. The molecule has 5 heteroatoms. The number of nitrogens with zero attached hydrogens (tertiary/aromatic N) is 1. The zero-order chi connectivity index (χ0) is 13.7. The van der Waals surface area contributed by atoms with Gasteiger partial charge in [0, 0.05) is 12.8 Å². The zero-order valence-electron chi connectivity index (χ0n) is 11.1. The quantitative estimate of drug-likeness (QED) is 0.642. The van der Waals surface area contributed by atoms with Crippen LogP contribution in [-0.2, 0) is 9.59 Å². The smallest absolute Gasteiger partial charge is 0.303 e. The van der Waals surface area contributed by atoms with Gasteiger partial charge in [-0.05, 0) is 32.5 Å². The largest absolute Gasteiger partial charge is 0.481 e. The van der Waals surface area contributed by atoms with Gasteiger partial charge in [0.1, 0.15) is 0 Å². The van der Waals surface area contributed by atoms with Gasteiger partial charge in [-0.25, -0.2) is 0 Å². The number of carboxylic acids is 2. The van der Waals surface area contributed by atoms with Gasteiger partial charge < -0.3 is 15.1 Å². The number of aliphatic carboxylic acids is 2. The maximum atomic E-state index is 9.90. The van der Waals surface area contributed by atoms with Crippen LogP contribution in [0.25, 0.3) is 0 Å².